The van der Waals surface area contributed by atoms with Crippen molar-refractivity contribution in [3.63, 3.8) is 0 Å². The van der Waals surface area contributed by atoms with Crippen LogP contribution in [0.1, 0.15) is 0 Å². The summed E-state index contributed by atoms with van der Waals surface area (Å²) in [6.07, 6.45) is 0. The van der Waals surface area contributed by atoms with E-state index in [1.165, 1.54) is 0 Å². The van der Waals surface area contributed by atoms with E-state index in [0.29, 0.717) is 11.6 Å². The van der Waals surface area contributed by atoms with E-state index >= 15 is 0 Å². The van der Waals surface area contributed by atoms with E-state index in [1.807, 2.05) is 0 Å². The first-order valence-electron chi connectivity index (χ1n) is 2.47. The number of carbonyl (C=O) groups excluding carboxylic acids is 1. The van der Waals surface area contributed by atoms with Gasteiger partial charge in [0, 0.05) is 5.75 Å². The average molecular weight is 166 g/mol. The first kappa shape index (κ1) is 9.13. The molecule has 0 aliphatic rings. The third-order valence-electron chi connectivity index (χ3n) is 0.787. The lowest BCUT2D eigenvalue weighted by Crippen LogP contribution is -2.41. The van der Waals surface area contributed by atoms with E-state index in [2.05, 4.69) is 30.6 Å². The molecule has 0 saturated heterocycles. The maximum atomic E-state index is 10.6. The van der Waals surface area contributed by atoms with Crippen LogP contribution in [-0.4, -0.2) is 23.6 Å². The van der Waals surface area contributed by atoms with Crippen LogP contribution in [0.4, 0.5) is 0 Å². The van der Waals surface area contributed by atoms with Gasteiger partial charge in [-0.2, -0.15) is 25.3 Å². The fourth-order valence-electron chi connectivity index (χ4n) is 0.292. The molecule has 5 heteroatoms. The van der Waals surface area contributed by atoms with Gasteiger partial charge in [0.1, 0.15) is 0 Å². The molecule has 3 nitrogen and oxygen atoms in total. The van der Waals surface area contributed by atoms with Crippen LogP contribution in [0.2, 0.25) is 0 Å². The zero-order valence-electron chi connectivity index (χ0n) is 4.87. The fraction of sp³-hybridized carbons (Fsp3) is 0.750. The Morgan fingerprint density at radius 2 is 2.22 bits per heavy atom. The largest absolute Gasteiger partial charge is 0.346 e. The number of nitrogens with one attached hydrogen (secondary N) is 1. The molecule has 1 atom stereocenters. The Morgan fingerprint density at radius 3 is 2.56 bits per heavy atom. The molecule has 0 saturated carbocycles. The van der Waals surface area contributed by atoms with Gasteiger partial charge in [-0.15, -0.1) is 0 Å². The van der Waals surface area contributed by atoms with Crippen molar-refractivity contribution in [1.29, 1.82) is 0 Å². The van der Waals surface area contributed by atoms with E-state index in [-0.39, 0.29) is 5.91 Å². The third-order valence-corrected chi connectivity index (χ3v) is 1.34. The lowest BCUT2D eigenvalue weighted by molar-refractivity contribution is -0.121. The second kappa shape index (κ2) is 4.96. The molecule has 1 unspecified atom stereocenters. The summed E-state index contributed by atoms with van der Waals surface area (Å²) in [5.41, 5.74) is 5.28. The molecule has 0 aliphatic heterocycles. The van der Waals surface area contributed by atoms with Crippen molar-refractivity contribution >= 4 is 31.2 Å². The van der Waals surface area contributed by atoms with Gasteiger partial charge in [-0.3, -0.25) is 4.79 Å². The molecule has 0 aromatic heterocycles. The van der Waals surface area contributed by atoms with Gasteiger partial charge in [0.25, 0.3) is 0 Å². The second-order valence-corrected chi connectivity index (χ2v) is 2.17. The van der Waals surface area contributed by atoms with Crippen LogP contribution in [0, 0.1) is 0 Å². The molecule has 0 aliphatic carbocycles. The minimum absolute atomic E-state index is 0.208. The van der Waals surface area contributed by atoms with Gasteiger partial charge in [-0.05, 0) is 0 Å². The Balaban J connectivity index is 3.46. The van der Waals surface area contributed by atoms with Crippen molar-refractivity contribution in [3.05, 3.63) is 0 Å². The Bertz CT molecular complexity index is 98.6. The summed E-state index contributed by atoms with van der Waals surface area (Å²) in [6, 6.07) is -0.513. The molecule has 3 N–H and O–H groups in total. The van der Waals surface area contributed by atoms with Crippen LogP contribution in [0.3, 0.4) is 0 Å². The quantitative estimate of drug-likeness (QED) is 0.329. The predicted octanol–water partition coefficient (Wildman–Crippen LogP) is -0.753. The normalized spacial score (nSPS) is 12.8. The van der Waals surface area contributed by atoms with Crippen molar-refractivity contribution in [2.24, 2.45) is 5.73 Å². The summed E-state index contributed by atoms with van der Waals surface area (Å²) in [4.78, 5) is 10.6. The number of hydrogen-bond acceptors (Lipinski definition) is 4. The molecular formula is C4H10N2OS2. The fourth-order valence-corrected chi connectivity index (χ4v) is 0.614. The molecular weight excluding hydrogens is 156 g/mol. The summed E-state index contributed by atoms with van der Waals surface area (Å²) in [5, 5.41) is 2.45. The summed E-state index contributed by atoms with van der Waals surface area (Å²) >= 11 is 7.62. The summed E-state index contributed by atoms with van der Waals surface area (Å²) < 4.78 is 0. The van der Waals surface area contributed by atoms with Gasteiger partial charge in [-0.25, -0.2) is 0 Å². The minimum Gasteiger partial charge on any atom is -0.346 e. The number of carbonyl (C=O) groups is 1. The van der Waals surface area contributed by atoms with Crippen LogP contribution < -0.4 is 11.1 Å². The van der Waals surface area contributed by atoms with Gasteiger partial charge in [0.2, 0.25) is 5.91 Å². The highest BCUT2D eigenvalue weighted by Gasteiger charge is 2.08. The highest BCUT2D eigenvalue weighted by Crippen LogP contribution is 1.82. The Kier molecular flexibility index (Phi) is 5.03. The molecule has 0 bridgehead atoms. The van der Waals surface area contributed by atoms with Gasteiger partial charge in [0.05, 0.1) is 11.9 Å². The van der Waals surface area contributed by atoms with Crippen LogP contribution >= 0.6 is 25.3 Å². The maximum Gasteiger partial charge on any atom is 0.238 e. The lowest BCUT2D eigenvalue weighted by Gasteiger charge is -2.05. The molecule has 54 valence electrons. The highest BCUT2D eigenvalue weighted by atomic mass is 32.1. The van der Waals surface area contributed by atoms with E-state index in [9.17, 15) is 4.79 Å². The Hall–Kier alpha value is 0.130. The Morgan fingerprint density at radius 1 is 1.67 bits per heavy atom. The standard InChI is InChI=1S/C4H10N2OS2/c5-3(1-8)4(7)6-2-9/h3,8-9H,1-2,5H2,(H,6,7). The first-order valence-corrected chi connectivity index (χ1v) is 3.74. The van der Waals surface area contributed by atoms with Crippen molar-refractivity contribution in [2.45, 2.75) is 6.04 Å². The smallest absolute Gasteiger partial charge is 0.238 e. The predicted molar refractivity (Wildman–Crippen MR) is 43.8 cm³/mol. The second-order valence-electron chi connectivity index (χ2n) is 1.49. The highest BCUT2D eigenvalue weighted by molar-refractivity contribution is 7.80. The summed E-state index contributed by atoms with van der Waals surface area (Å²) in [5.74, 6) is 0.472. The zero-order chi connectivity index (χ0) is 7.28. The van der Waals surface area contributed by atoms with Gasteiger partial charge >= 0.3 is 0 Å². The first-order chi connectivity index (χ1) is 4.22. The van der Waals surface area contributed by atoms with E-state index in [0.717, 1.165) is 0 Å². The molecule has 0 aromatic rings. The van der Waals surface area contributed by atoms with Crippen molar-refractivity contribution in [1.82, 2.24) is 5.32 Å². The van der Waals surface area contributed by atoms with Crippen LogP contribution in [-0.2, 0) is 4.79 Å². The molecule has 0 radical (unpaired) electrons. The number of thiol groups is 2. The van der Waals surface area contributed by atoms with Gasteiger partial charge in [0.15, 0.2) is 0 Å². The molecule has 0 heterocycles. The maximum absolute atomic E-state index is 10.6. The van der Waals surface area contributed by atoms with Gasteiger partial charge < -0.3 is 11.1 Å². The van der Waals surface area contributed by atoms with Crippen molar-refractivity contribution in [3.8, 4) is 0 Å². The van der Waals surface area contributed by atoms with Crippen LogP contribution in [0.15, 0.2) is 0 Å². The number of nitrogens with two attached hydrogens (primary N) is 1. The summed E-state index contributed by atoms with van der Waals surface area (Å²) in [6.45, 7) is 0. The average Bonchev–Trinajstić information content (AvgIpc) is 1.87. The monoisotopic (exact) mass is 166 g/mol. The van der Waals surface area contributed by atoms with E-state index in [1.54, 1.807) is 0 Å². The Labute approximate surface area is 65.2 Å². The van der Waals surface area contributed by atoms with E-state index < -0.39 is 6.04 Å². The lowest BCUT2D eigenvalue weighted by atomic mass is 10.3. The zero-order valence-corrected chi connectivity index (χ0v) is 6.66. The number of amides is 1. The van der Waals surface area contributed by atoms with Crippen molar-refractivity contribution < 1.29 is 4.79 Å². The molecule has 0 rings (SSSR count). The molecule has 1 amide bonds. The van der Waals surface area contributed by atoms with Crippen molar-refractivity contribution in [2.75, 3.05) is 11.6 Å². The number of rotatable bonds is 3. The van der Waals surface area contributed by atoms with Gasteiger partial charge in [-0.1, -0.05) is 0 Å². The summed E-state index contributed by atoms with van der Waals surface area (Å²) in [7, 11) is 0. The third kappa shape index (κ3) is 3.66. The number of hydrogen-bond donors (Lipinski definition) is 4. The minimum atomic E-state index is -0.513. The molecule has 9 heavy (non-hydrogen) atoms. The molecule has 0 fully saturated rings. The van der Waals surface area contributed by atoms with Crippen LogP contribution in [0.25, 0.3) is 0 Å². The molecule has 0 spiro atoms. The molecule has 0 aromatic carbocycles. The SMILES string of the molecule is NC(CS)C(=O)NCS. The van der Waals surface area contributed by atoms with Crippen LogP contribution in [0.5, 0.6) is 0 Å². The van der Waals surface area contributed by atoms with E-state index in [4.69, 9.17) is 5.73 Å². The topological polar surface area (TPSA) is 55.1 Å².